The van der Waals surface area contributed by atoms with Gasteiger partial charge in [0.25, 0.3) is 0 Å². The molecule has 0 bridgehead atoms. The van der Waals surface area contributed by atoms with E-state index in [0.717, 1.165) is 0 Å². The number of nitrogens with one attached hydrogen (secondary N) is 1. The molecule has 0 fully saturated rings. The molecule has 94 valence electrons. The van der Waals surface area contributed by atoms with Crippen molar-refractivity contribution in [2.75, 3.05) is 0 Å². The largest absolute Gasteiger partial charge is 0.480 e. The van der Waals surface area contributed by atoms with Crippen LogP contribution < -0.4 is 5.32 Å². The number of hydrogen-bond donors (Lipinski definition) is 2. The van der Waals surface area contributed by atoms with Crippen molar-refractivity contribution in [2.24, 2.45) is 0 Å². The molecule has 5 heteroatoms. The van der Waals surface area contributed by atoms with E-state index in [2.05, 4.69) is 17.2 Å². The van der Waals surface area contributed by atoms with Gasteiger partial charge in [-0.3, -0.25) is 4.79 Å². The molecule has 4 nitrogen and oxygen atoms in total. The van der Waals surface area contributed by atoms with Crippen molar-refractivity contribution in [3.05, 3.63) is 35.6 Å². The SMILES string of the molecule is CC(=O)N[C@@H](CC#Cc1ccc(F)cc1)C(=O)O. The number of benzene rings is 1. The molecular formula is C13H12FNO3. The van der Waals surface area contributed by atoms with Crippen LogP contribution in [0.15, 0.2) is 24.3 Å². The van der Waals surface area contributed by atoms with Crippen molar-refractivity contribution >= 4 is 11.9 Å². The summed E-state index contributed by atoms with van der Waals surface area (Å²) in [5.74, 6) is 3.41. The molecule has 0 aliphatic heterocycles. The second kappa shape index (κ2) is 6.40. The Hall–Kier alpha value is -2.35. The number of aliphatic carboxylic acids is 1. The van der Waals surface area contributed by atoms with E-state index >= 15 is 0 Å². The van der Waals surface area contributed by atoms with Crippen LogP contribution in [0.25, 0.3) is 0 Å². The standard InChI is InChI=1S/C13H12FNO3/c1-9(16)15-12(13(17)18)4-2-3-10-5-7-11(14)8-6-10/h5-8,12H,4H2,1H3,(H,15,16)(H,17,18)/t12-/m0/s1. The third kappa shape index (κ3) is 4.66. The number of carboxylic acid groups (broad SMARTS) is 1. The Bertz CT molecular complexity index is 499. The summed E-state index contributed by atoms with van der Waals surface area (Å²) in [5, 5.41) is 11.1. The molecule has 2 N–H and O–H groups in total. The Kier molecular flexibility index (Phi) is 4.88. The zero-order chi connectivity index (χ0) is 13.5. The van der Waals surface area contributed by atoms with Crippen molar-refractivity contribution in [3.8, 4) is 11.8 Å². The van der Waals surface area contributed by atoms with Crippen LogP contribution in [0.4, 0.5) is 4.39 Å². The van der Waals surface area contributed by atoms with Crippen LogP contribution in [0, 0.1) is 17.7 Å². The molecule has 0 aliphatic carbocycles. The highest BCUT2D eigenvalue weighted by Gasteiger charge is 2.16. The molecule has 1 aromatic rings. The van der Waals surface area contributed by atoms with Gasteiger partial charge in [0.2, 0.25) is 5.91 Å². The van der Waals surface area contributed by atoms with E-state index in [1.807, 2.05) is 0 Å². The molecule has 1 atom stereocenters. The summed E-state index contributed by atoms with van der Waals surface area (Å²) in [5.41, 5.74) is 0.586. The smallest absolute Gasteiger partial charge is 0.327 e. The first-order valence-electron chi connectivity index (χ1n) is 5.23. The van der Waals surface area contributed by atoms with E-state index in [1.165, 1.54) is 31.2 Å². The first kappa shape index (κ1) is 13.7. The van der Waals surface area contributed by atoms with Gasteiger partial charge in [-0.2, -0.15) is 0 Å². The maximum absolute atomic E-state index is 12.6. The molecule has 0 aromatic heterocycles. The lowest BCUT2D eigenvalue weighted by Crippen LogP contribution is -2.39. The lowest BCUT2D eigenvalue weighted by Gasteiger charge is -2.08. The van der Waals surface area contributed by atoms with E-state index < -0.39 is 17.9 Å². The molecule has 0 radical (unpaired) electrons. The molecule has 1 aromatic carbocycles. The third-order valence-electron chi connectivity index (χ3n) is 2.06. The van der Waals surface area contributed by atoms with Gasteiger partial charge in [-0.05, 0) is 24.3 Å². The second-order valence-corrected chi connectivity index (χ2v) is 3.60. The van der Waals surface area contributed by atoms with Crippen LogP contribution >= 0.6 is 0 Å². The average molecular weight is 249 g/mol. The highest BCUT2D eigenvalue weighted by molar-refractivity contribution is 5.82. The topological polar surface area (TPSA) is 66.4 Å². The highest BCUT2D eigenvalue weighted by Crippen LogP contribution is 2.01. The lowest BCUT2D eigenvalue weighted by atomic mass is 10.2. The molecule has 18 heavy (non-hydrogen) atoms. The average Bonchev–Trinajstić information content (AvgIpc) is 2.29. The van der Waals surface area contributed by atoms with Gasteiger partial charge >= 0.3 is 5.97 Å². The fraction of sp³-hybridized carbons (Fsp3) is 0.231. The minimum absolute atomic E-state index is 0.00765. The van der Waals surface area contributed by atoms with Gasteiger partial charge in [0.05, 0.1) is 0 Å². The number of halogens is 1. The molecule has 0 aliphatic rings. The molecule has 0 unspecified atom stereocenters. The number of carbonyl (C=O) groups excluding carboxylic acids is 1. The number of rotatable bonds is 3. The van der Waals surface area contributed by atoms with Crippen LogP contribution in [0.3, 0.4) is 0 Å². The molecule has 0 saturated carbocycles. The van der Waals surface area contributed by atoms with E-state index in [9.17, 15) is 14.0 Å². The van der Waals surface area contributed by atoms with Gasteiger partial charge in [0.1, 0.15) is 11.9 Å². The Morgan fingerprint density at radius 2 is 2.00 bits per heavy atom. The van der Waals surface area contributed by atoms with E-state index in [0.29, 0.717) is 5.56 Å². The monoisotopic (exact) mass is 249 g/mol. The van der Waals surface area contributed by atoms with E-state index in [4.69, 9.17) is 5.11 Å². The van der Waals surface area contributed by atoms with Crippen LogP contribution in [0.1, 0.15) is 18.9 Å². The van der Waals surface area contributed by atoms with Gasteiger partial charge in [0.15, 0.2) is 0 Å². The van der Waals surface area contributed by atoms with Crippen molar-refractivity contribution in [3.63, 3.8) is 0 Å². The summed E-state index contributed by atoms with van der Waals surface area (Å²) in [6, 6.07) is 4.50. The van der Waals surface area contributed by atoms with Crippen LogP contribution in [-0.2, 0) is 9.59 Å². The highest BCUT2D eigenvalue weighted by atomic mass is 19.1. The predicted octanol–water partition coefficient (Wildman–Crippen LogP) is 1.16. The van der Waals surface area contributed by atoms with Crippen molar-refractivity contribution < 1.29 is 19.1 Å². The number of carbonyl (C=O) groups is 2. The first-order valence-corrected chi connectivity index (χ1v) is 5.23. The zero-order valence-corrected chi connectivity index (χ0v) is 9.74. The fourth-order valence-corrected chi connectivity index (χ4v) is 1.23. The Morgan fingerprint density at radius 1 is 1.39 bits per heavy atom. The molecule has 1 amide bonds. The summed E-state index contributed by atoms with van der Waals surface area (Å²) in [7, 11) is 0. The van der Waals surface area contributed by atoms with Gasteiger partial charge in [-0.25, -0.2) is 9.18 Å². The van der Waals surface area contributed by atoms with E-state index in [1.54, 1.807) is 0 Å². The minimum atomic E-state index is -1.14. The lowest BCUT2D eigenvalue weighted by molar-refractivity contribution is -0.141. The Labute approximate surface area is 104 Å². The van der Waals surface area contributed by atoms with Crippen LogP contribution in [0.2, 0.25) is 0 Å². The normalized spacial score (nSPS) is 11.0. The quantitative estimate of drug-likeness (QED) is 0.790. The fourth-order valence-electron chi connectivity index (χ4n) is 1.23. The Morgan fingerprint density at radius 3 is 2.50 bits per heavy atom. The molecule has 0 saturated heterocycles. The third-order valence-corrected chi connectivity index (χ3v) is 2.06. The zero-order valence-electron chi connectivity index (χ0n) is 9.74. The van der Waals surface area contributed by atoms with Crippen molar-refractivity contribution in [1.82, 2.24) is 5.32 Å². The van der Waals surface area contributed by atoms with Gasteiger partial charge in [0, 0.05) is 18.9 Å². The molecule has 1 rings (SSSR count). The molecule has 0 heterocycles. The number of carboxylic acids is 1. The van der Waals surface area contributed by atoms with Gasteiger partial charge < -0.3 is 10.4 Å². The van der Waals surface area contributed by atoms with Gasteiger partial charge in [-0.1, -0.05) is 11.8 Å². The summed E-state index contributed by atoms with van der Waals surface area (Å²) < 4.78 is 12.6. The minimum Gasteiger partial charge on any atom is -0.480 e. The number of amides is 1. The number of hydrogen-bond acceptors (Lipinski definition) is 2. The predicted molar refractivity (Wildman–Crippen MR) is 63.1 cm³/mol. The molecular weight excluding hydrogens is 237 g/mol. The Balaban J connectivity index is 2.65. The van der Waals surface area contributed by atoms with Crippen molar-refractivity contribution in [2.45, 2.75) is 19.4 Å². The van der Waals surface area contributed by atoms with Crippen molar-refractivity contribution in [1.29, 1.82) is 0 Å². The first-order chi connectivity index (χ1) is 8.49. The summed E-state index contributed by atoms with van der Waals surface area (Å²) in [6.07, 6.45) is -0.00765. The summed E-state index contributed by atoms with van der Waals surface area (Å²) >= 11 is 0. The molecule has 0 spiro atoms. The maximum atomic E-state index is 12.6. The van der Waals surface area contributed by atoms with Crippen LogP contribution in [-0.4, -0.2) is 23.0 Å². The summed E-state index contributed by atoms with van der Waals surface area (Å²) in [6.45, 7) is 1.24. The van der Waals surface area contributed by atoms with Gasteiger partial charge in [-0.15, -0.1) is 0 Å². The van der Waals surface area contributed by atoms with Crippen LogP contribution in [0.5, 0.6) is 0 Å². The summed E-state index contributed by atoms with van der Waals surface area (Å²) in [4.78, 5) is 21.6. The van der Waals surface area contributed by atoms with E-state index in [-0.39, 0.29) is 12.2 Å². The maximum Gasteiger partial charge on any atom is 0.327 e. The second-order valence-electron chi connectivity index (χ2n) is 3.60.